The van der Waals surface area contributed by atoms with Gasteiger partial charge in [0.05, 0.1) is 29.7 Å². The standard InChI is InChI=1S/C29H34F3N3O8/c1-34(2)22-16-7-13-6-15-19(23(37)18(13)25(39)28(16,42)26(40)20(24(22)38)27(33)41)17(36)8-14(21(15)29(30,31)32)10-35(3)9-12-4-5-43-11-12/h8,12-13,16,18,20,22,36,42H,4-7,9-11H2,1-3H3,(H2,33,41)/t12?,13-,16-,18?,20?,22-,28-/m0/s1. The first-order valence-corrected chi connectivity index (χ1v) is 14.1. The van der Waals surface area contributed by atoms with Gasteiger partial charge >= 0.3 is 6.18 Å². The molecule has 4 aliphatic rings. The number of rotatable bonds is 6. The highest BCUT2D eigenvalue weighted by molar-refractivity contribution is 6.32. The molecule has 4 N–H and O–H groups in total. The van der Waals surface area contributed by atoms with Gasteiger partial charge in [0.15, 0.2) is 34.7 Å². The second-order valence-electron chi connectivity index (χ2n) is 12.5. The number of nitrogens with two attached hydrogens (primary N) is 1. The van der Waals surface area contributed by atoms with E-state index in [1.165, 1.54) is 19.0 Å². The fraction of sp³-hybridized carbons (Fsp3) is 0.621. The SMILES string of the molecule is CN(Cc1cc(O)c2c(c1C(F)(F)F)C[C@H]1C[C@H]3[C@H](N(C)C)C(=O)C(C(N)=O)C(=O)[C@@]3(O)C(=O)C1C2=O)CC1CCOC1. The largest absolute Gasteiger partial charge is 0.507 e. The van der Waals surface area contributed by atoms with Crippen LogP contribution in [0.1, 0.15) is 39.9 Å². The van der Waals surface area contributed by atoms with Crippen molar-refractivity contribution in [3.63, 3.8) is 0 Å². The summed E-state index contributed by atoms with van der Waals surface area (Å²) in [6.07, 6.45) is -4.96. The lowest BCUT2D eigenvalue weighted by atomic mass is 9.52. The molecule has 1 saturated heterocycles. The number of Topliss-reactive ketones (excluding diaryl/α,β-unsaturated/α-hetero) is 4. The van der Waals surface area contributed by atoms with Gasteiger partial charge in [-0.2, -0.15) is 13.2 Å². The number of halogens is 3. The molecular formula is C29H34F3N3O8. The minimum Gasteiger partial charge on any atom is -0.507 e. The zero-order valence-electron chi connectivity index (χ0n) is 23.9. The Morgan fingerprint density at radius 2 is 1.84 bits per heavy atom. The fourth-order valence-corrected chi connectivity index (χ4v) is 7.75. The molecule has 3 aliphatic carbocycles. The summed E-state index contributed by atoms with van der Waals surface area (Å²) in [7, 11) is 4.50. The Labute approximate surface area is 245 Å². The van der Waals surface area contributed by atoms with Crippen LogP contribution in [0, 0.1) is 29.6 Å². The molecule has 2 saturated carbocycles. The normalized spacial score (nSPS) is 32.7. The molecule has 1 heterocycles. The molecule has 1 aliphatic heterocycles. The lowest BCUT2D eigenvalue weighted by Crippen LogP contribution is -2.74. The number of carbonyl (C=O) groups is 5. The van der Waals surface area contributed by atoms with Crippen LogP contribution in [0.5, 0.6) is 5.75 Å². The van der Waals surface area contributed by atoms with Crippen LogP contribution in [-0.2, 0) is 43.1 Å². The second kappa shape index (κ2) is 10.8. The average Bonchev–Trinajstić information content (AvgIpc) is 3.37. The summed E-state index contributed by atoms with van der Waals surface area (Å²) in [4.78, 5) is 69.2. The van der Waals surface area contributed by atoms with E-state index in [1.54, 1.807) is 11.9 Å². The number of nitrogens with zero attached hydrogens (tertiary/aromatic N) is 2. The summed E-state index contributed by atoms with van der Waals surface area (Å²) < 4.78 is 49.4. The maximum atomic E-state index is 14.7. The summed E-state index contributed by atoms with van der Waals surface area (Å²) in [6, 6.07) is -0.473. The Hall–Kier alpha value is -3.20. The van der Waals surface area contributed by atoms with E-state index < -0.39 is 99.4 Å². The van der Waals surface area contributed by atoms with Crippen molar-refractivity contribution in [2.75, 3.05) is 40.9 Å². The highest BCUT2D eigenvalue weighted by Crippen LogP contribution is 2.52. The number of phenols is 1. The highest BCUT2D eigenvalue weighted by atomic mass is 19.4. The zero-order valence-corrected chi connectivity index (χ0v) is 23.9. The van der Waals surface area contributed by atoms with Crippen LogP contribution < -0.4 is 5.73 Å². The number of aromatic hydroxyl groups is 1. The van der Waals surface area contributed by atoms with E-state index in [1.807, 2.05) is 0 Å². The van der Waals surface area contributed by atoms with Crippen LogP contribution >= 0.6 is 0 Å². The first kappa shape index (κ1) is 31.2. The van der Waals surface area contributed by atoms with E-state index in [-0.39, 0.29) is 24.4 Å². The Balaban J connectivity index is 1.59. The molecule has 1 amide bonds. The van der Waals surface area contributed by atoms with Gasteiger partial charge in [-0.3, -0.25) is 28.9 Å². The summed E-state index contributed by atoms with van der Waals surface area (Å²) >= 11 is 0. The van der Waals surface area contributed by atoms with Gasteiger partial charge in [-0.15, -0.1) is 0 Å². The quantitative estimate of drug-likeness (QED) is 0.383. The predicted octanol–water partition coefficient (Wildman–Crippen LogP) is 0.354. The van der Waals surface area contributed by atoms with Gasteiger partial charge in [0.25, 0.3) is 0 Å². The van der Waals surface area contributed by atoms with Gasteiger partial charge in [0.1, 0.15) is 5.75 Å². The van der Waals surface area contributed by atoms with Crippen molar-refractivity contribution in [3.8, 4) is 5.75 Å². The summed E-state index contributed by atoms with van der Waals surface area (Å²) in [5.41, 5.74) is -0.131. The highest BCUT2D eigenvalue weighted by Gasteiger charge is 2.69. The third-order valence-corrected chi connectivity index (χ3v) is 9.46. The van der Waals surface area contributed by atoms with Crippen LogP contribution in [-0.4, -0.2) is 102 Å². The molecule has 14 heteroatoms. The molecule has 0 aromatic heterocycles. The van der Waals surface area contributed by atoms with E-state index in [0.29, 0.717) is 19.8 Å². The number of primary amides is 1. The van der Waals surface area contributed by atoms with Crippen LogP contribution in [0.15, 0.2) is 6.07 Å². The number of aliphatic hydroxyl groups is 1. The van der Waals surface area contributed by atoms with E-state index in [2.05, 4.69) is 0 Å². The maximum Gasteiger partial charge on any atom is 0.417 e. The molecule has 3 unspecified atom stereocenters. The number of ketones is 4. The number of amides is 1. The molecule has 11 nitrogen and oxygen atoms in total. The van der Waals surface area contributed by atoms with Gasteiger partial charge in [0, 0.05) is 25.6 Å². The third kappa shape index (κ3) is 4.88. The minimum atomic E-state index is -4.92. The molecule has 1 aromatic rings. The van der Waals surface area contributed by atoms with Gasteiger partial charge in [0.2, 0.25) is 5.91 Å². The smallest absolute Gasteiger partial charge is 0.417 e. The number of benzene rings is 1. The molecule has 5 rings (SSSR count). The molecule has 7 atom stereocenters. The second-order valence-corrected chi connectivity index (χ2v) is 12.5. The number of likely N-dealkylation sites (N-methyl/N-ethyl adjacent to an activating group) is 1. The molecule has 1 aromatic carbocycles. The Morgan fingerprint density at radius 1 is 1.16 bits per heavy atom. The number of hydrogen-bond donors (Lipinski definition) is 3. The van der Waals surface area contributed by atoms with Crippen molar-refractivity contribution >= 4 is 29.0 Å². The maximum absolute atomic E-state index is 14.7. The molecule has 0 radical (unpaired) electrons. The lowest BCUT2D eigenvalue weighted by molar-refractivity contribution is -0.181. The van der Waals surface area contributed by atoms with E-state index in [0.717, 1.165) is 12.5 Å². The third-order valence-electron chi connectivity index (χ3n) is 9.46. The molecule has 0 spiro atoms. The van der Waals surface area contributed by atoms with Crippen LogP contribution in [0.4, 0.5) is 13.2 Å². The number of ether oxygens (including phenoxy) is 1. The predicted molar refractivity (Wildman–Crippen MR) is 142 cm³/mol. The molecule has 0 bridgehead atoms. The Kier molecular flexibility index (Phi) is 7.81. The number of hydrogen-bond acceptors (Lipinski definition) is 10. The Morgan fingerprint density at radius 3 is 2.40 bits per heavy atom. The van der Waals surface area contributed by atoms with E-state index in [4.69, 9.17) is 10.5 Å². The minimum absolute atomic E-state index is 0.139. The van der Waals surface area contributed by atoms with Gasteiger partial charge in [-0.05, 0) is 69.4 Å². The number of fused-ring (bicyclic) bond motifs is 3. The molecular weight excluding hydrogens is 575 g/mol. The summed E-state index contributed by atoms with van der Waals surface area (Å²) in [5.74, 6) is -13.3. The van der Waals surface area contributed by atoms with Gasteiger partial charge in [-0.1, -0.05) is 0 Å². The zero-order chi connectivity index (χ0) is 31.8. The fourth-order valence-electron chi connectivity index (χ4n) is 7.75. The van der Waals surface area contributed by atoms with Crippen molar-refractivity contribution in [1.82, 2.24) is 9.80 Å². The van der Waals surface area contributed by atoms with E-state index in [9.17, 15) is 47.4 Å². The Bertz CT molecular complexity index is 1410. The van der Waals surface area contributed by atoms with Crippen molar-refractivity contribution < 1.29 is 52.1 Å². The first-order chi connectivity index (χ1) is 20.0. The van der Waals surface area contributed by atoms with Crippen LogP contribution in [0.25, 0.3) is 0 Å². The van der Waals surface area contributed by atoms with E-state index >= 15 is 0 Å². The van der Waals surface area contributed by atoms with Crippen molar-refractivity contribution in [3.05, 3.63) is 28.3 Å². The lowest BCUT2D eigenvalue weighted by Gasteiger charge is -2.52. The number of phenolic OH excluding ortho intramolecular Hbond substituents is 1. The molecule has 234 valence electrons. The molecule has 3 fully saturated rings. The topological polar surface area (TPSA) is 168 Å². The number of carbonyl (C=O) groups excluding carboxylic acids is 5. The van der Waals surface area contributed by atoms with Gasteiger partial charge < -0.3 is 25.6 Å². The van der Waals surface area contributed by atoms with Crippen molar-refractivity contribution in [2.24, 2.45) is 35.3 Å². The number of alkyl halides is 3. The van der Waals surface area contributed by atoms with Crippen molar-refractivity contribution in [1.29, 1.82) is 0 Å². The monoisotopic (exact) mass is 609 g/mol. The molecule has 43 heavy (non-hydrogen) atoms. The first-order valence-electron chi connectivity index (χ1n) is 14.1. The van der Waals surface area contributed by atoms with Crippen LogP contribution in [0.3, 0.4) is 0 Å². The van der Waals surface area contributed by atoms with Crippen LogP contribution in [0.2, 0.25) is 0 Å². The van der Waals surface area contributed by atoms with Crippen molar-refractivity contribution in [2.45, 2.75) is 43.6 Å². The van der Waals surface area contributed by atoms with Gasteiger partial charge in [-0.25, -0.2) is 0 Å². The summed E-state index contributed by atoms with van der Waals surface area (Å²) in [6.45, 7) is 1.33. The summed E-state index contributed by atoms with van der Waals surface area (Å²) in [5, 5.41) is 22.5. The average molecular weight is 610 g/mol.